The van der Waals surface area contributed by atoms with Gasteiger partial charge in [0, 0.05) is 24.0 Å². The highest BCUT2D eigenvalue weighted by Gasteiger charge is 2.14. The van der Waals surface area contributed by atoms with Gasteiger partial charge >= 0.3 is 0 Å². The van der Waals surface area contributed by atoms with Crippen LogP contribution in [0, 0.1) is 0 Å². The van der Waals surface area contributed by atoms with Crippen LogP contribution < -0.4 is 5.73 Å². The molecule has 0 bridgehead atoms. The number of benzene rings is 1. The van der Waals surface area contributed by atoms with E-state index in [0.717, 1.165) is 10.6 Å². The lowest BCUT2D eigenvalue weighted by atomic mass is 10.1. The van der Waals surface area contributed by atoms with Gasteiger partial charge in [0.05, 0.1) is 0 Å². The fraction of sp³-hybridized carbons (Fsp3) is 0.417. The molecule has 0 radical (unpaired) electrons. The molecule has 0 saturated carbocycles. The first-order valence-electron chi connectivity index (χ1n) is 5.25. The summed E-state index contributed by atoms with van der Waals surface area (Å²) in [6, 6.07) is 7.90. The summed E-state index contributed by atoms with van der Waals surface area (Å²) >= 11 is 6.11. The summed E-state index contributed by atoms with van der Waals surface area (Å²) in [5, 5.41) is 0.751. The average Bonchev–Trinajstić information content (AvgIpc) is 2.25. The molecule has 4 heteroatoms. The van der Waals surface area contributed by atoms with E-state index in [0.29, 0.717) is 13.0 Å². The Bertz CT molecular complexity index is 368. The van der Waals surface area contributed by atoms with Gasteiger partial charge in [-0.25, -0.2) is 0 Å². The summed E-state index contributed by atoms with van der Waals surface area (Å²) in [6.07, 6.45) is 0.366. The molecular formula is C12H17ClN2O. The van der Waals surface area contributed by atoms with Crippen molar-refractivity contribution in [1.82, 2.24) is 4.90 Å². The van der Waals surface area contributed by atoms with Crippen molar-refractivity contribution in [2.75, 3.05) is 13.6 Å². The van der Waals surface area contributed by atoms with Crippen LogP contribution >= 0.6 is 11.6 Å². The van der Waals surface area contributed by atoms with Gasteiger partial charge in [-0.1, -0.05) is 29.8 Å². The number of nitrogens with zero attached hydrogens (tertiary/aromatic N) is 1. The normalized spacial score (nSPS) is 12.8. The number of hydrogen-bond acceptors (Lipinski definition) is 2. The monoisotopic (exact) mass is 240 g/mol. The predicted molar refractivity (Wildman–Crippen MR) is 66.3 cm³/mol. The quantitative estimate of drug-likeness (QED) is 0.858. The molecule has 0 aliphatic carbocycles. The van der Waals surface area contributed by atoms with E-state index in [4.69, 9.17) is 17.3 Å². The first-order valence-corrected chi connectivity index (χ1v) is 5.63. The molecule has 2 N–H and O–H groups in total. The van der Waals surface area contributed by atoms with Gasteiger partial charge in [0.25, 0.3) is 0 Å². The Morgan fingerprint density at radius 3 is 2.69 bits per heavy atom. The molecule has 3 nitrogen and oxygen atoms in total. The highest BCUT2D eigenvalue weighted by atomic mass is 35.5. The molecule has 16 heavy (non-hydrogen) atoms. The van der Waals surface area contributed by atoms with Gasteiger partial charge in [0.15, 0.2) is 0 Å². The largest absolute Gasteiger partial charge is 0.370 e. The SMILES string of the molecule is CC(c1ccccc1Cl)N(C)CCC(N)=O. The number of carbonyl (C=O) groups is 1. The number of amides is 1. The fourth-order valence-corrected chi connectivity index (χ4v) is 1.83. The second-order valence-electron chi connectivity index (χ2n) is 3.89. The van der Waals surface area contributed by atoms with Crippen LogP contribution in [-0.4, -0.2) is 24.4 Å². The third-order valence-electron chi connectivity index (χ3n) is 2.73. The lowest BCUT2D eigenvalue weighted by Crippen LogP contribution is -2.27. The summed E-state index contributed by atoms with van der Waals surface area (Å²) in [7, 11) is 1.96. The fourth-order valence-electron chi connectivity index (χ4n) is 1.53. The van der Waals surface area contributed by atoms with Crippen molar-refractivity contribution in [3.63, 3.8) is 0 Å². The average molecular weight is 241 g/mol. The molecule has 1 amide bonds. The minimum absolute atomic E-state index is 0.174. The van der Waals surface area contributed by atoms with Crippen LogP contribution in [0.15, 0.2) is 24.3 Å². The summed E-state index contributed by atoms with van der Waals surface area (Å²) in [5.74, 6) is -0.279. The topological polar surface area (TPSA) is 46.3 Å². The molecule has 88 valence electrons. The summed E-state index contributed by atoms with van der Waals surface area (Å²) in [4.78, 5) is 12.8. The van der Waals surface area contributed by atoms with Crippen LogP contribution in [0.1, 0.15) is 24.9 Å². The lowest BCUT2D eigenvalue weighted by molar-refractivity contribution is -0.118. The maximum absolute atomic E-state index is 10.7. The minimum Gasteiger partial charge on any atom is -0.370 e. The molecule has 1 atom stereocenters. The Kier molecular flexibility index (Phi) is 4.77. The Balaban J connectivity index is 2.66. The molecule has 0 aliphatic rings. The lowest BCUT2D eigenvalue weighted by Gasteiger charge is -2.25. The van der Waals surface area contributed by atoms with Crippen LogP contribution in [0.2, 0.25) is 5.02 Å². The van der Waals surface area contributed by atoms with Crippen LogP contribution in [0.3, 0.4) is 0 Å². The van der Waals surface area contributed by atoms with E-state index in [1.165, 1.54) is 0 Å². The molecule has 1 aromatic rings. The third kappa shape index (κ3) is 3.51. The van der Waals surface area contributed by atoms with Crippen molar-refractivity contribution in [2.45, 2.75) is 19.4 Å². The van der Waals surface area contributed by atoms with E-state index in [1.54, 1.807) is 0 Å². The van der Waals surface area contributed by atoms with Crippen molar-refractivity contribution >= 4 is 17.5 Å². The van der Waals surface area contributed by atoms with Gasteiger partial charge < -0.3 is 5.73 Å². The van der Waals surface area contributed by atoms with Crippen molar-refractivity contribution < 1.29 is 4.79 Å². The molecule has 0 fully saturated rings. The molecule has 1 aromatic carbocycles. The summed E-state index contributed by atoms with van der Waals surface area (Å²) in [6.45, 7) is 2.70. The molecule has 0 aromatic heterocycles. The van der Waals surface area contributed by atoms with Crippen molar-refractivity contribution in [2.24, 2.45) is 5.73 Å². The zero-order valence-corrected chi connectivity index (χ0v) is 10.4. The van der Waals surface area contributed by atoms with Gasteiger partial charge in [-0.15, -0.1) is 0 Å². The first kappa shape index (κ1) is 13.0. The number of primary amides is 1. The molecule has 1 unspecified atom stereocenters. The number of halogens is 1. The minimum atomic E-state index is -0.279. The van der Waals surface area contributed by atoms with Gasteiger partial charge in [-0.05, 0) is 25.6 Å². The van der Waals surface area contributed by atoms with E-state index < -0.39 is 0 Å². The first-order chi connectivity index (χ1) is 7.52. The highest BCUT2D eigenvalue weighted by Crippen LogP contribution is 2.25. The summed E-state index contributed by atoms with van der Waals surface area (Å²) < 4.78 is 0. The van der Waals surface area contributed by atoms with Crippen molar-refractivity contribution in [3.8, 4) is 0 Å². The molecular weight excluding hydrogens is 224 g/mol. The zero-order chi connectivity index (χ0) is 12.1. The van der Waals surface area contributed by atoms with E-state index in [1.807, 2.05) is 31.3 Å². The number of carbonyl (C=O) groups excluding carboxylic acids is 1. The number of rotatable bonds is 5. The second kappa shape index (κ2) is 5.87. The Morgan fingerprint density at radius 2 is 2.12 bits per heavy atom. The number of nitrogens with two attached hydrogens (primary N) is 1. The van der Waals surface area contributed by atoms with Crippen molar-refractivity contribution in [1.29, 1.82) is 0 Å². The molecule has 1 rings (SSSR count). The standard InChI is InChI=1S/C12H17ClN2O/c1-9(15(2)8-7-12(14)16)10-5-3-4-6-11(10)13/h3-6,9H,7-8H2,1-2H3,(H2,14,16). The maximum atomic E-state index is 10.7. The highest BCUT2D eigenvalue weighted by molar-refractivity contribution is 6.31. The Labute approximate surface area is 101 Å². The molecule has 0 heterocycles. The summed E-state index contributed by atoms with van der Waals surface area (Å²) in [5.41, 5.74) is 6.18. The molecule has 0 aliphatic heterocycles. The van der Waals surface area contributed by atoms with Crippen LogP contribution in [0.5, 0.6) is 0 Å². The van der Waals surface area contributed by atoms with Gasteiger partial charge in [0.1, 0.15) is 0 Å². The smallest absolute Gasteiger partial charge is 0.218 e. The van der Waals surface area contributed by atoms with E-state index in [9.17, 15) is 4.79 Å². The maximum Gasteiger partial charge on any atom is 0.218 e. The van der Waals surface area contributed by atoms with E-state index in [2.05, 4.69) is 11.8 Å². The van der Waals surface area contributed by atoms with Crippen molar-refractivity contribution in [3.05, 3.63) is 34.9 Å². The Morgan fingerprint density at radius 1 is 1.50 bits per heavy atom. The van der Waals surface area contributed by atoms with Crippen LogP contribution in [0.4, 0.5) is 0 Å². The van der Waals surface area contributed by atoms with E-state index in [-0.39, 0.29) is 11.9 Å². The van der Waals surface area contributed by atoms with Gasteiger partial charge in [-0.3, -0.25) is 9.69 Å². The van der Waals surface area contributed by atoms with Crippen LogP contribution in [-0.2, 0) is 4.79 Å². The molecule has 0 saturated heterocycles. The van der Waals surface area contributed by atoms with Gasteiger partial charge in [0.2, 0.25) is 5.91 Å². The van der Waals surface area contributed by atoms with Gasteiger partial charge in [-0.2, -0.15) is 0 Å². The molecule has 0 spiro atoms. The third-order valence-corrected chi connectivity index (χ3v) is 3.07. The van der Waals surface area contributed by atoms with Crippen LogP contribution in [0.25, 0.3) is 0 Å². The zero-order valence-electron chi connectivity index (χ0n) is 9.61. The predicted octanol–water partition coefficient (Wildman–Crippen LogP) is 2.21. The number of hydrogen-bond donors (Lipinski definition) is 1. The second-order valence-corrected chi connectivity index (χ2v) is 4.30. The Hall–Kier alpha value is -1.06. The van der Waals surface area contributed by atoms with E-state index >= 15 is 0 Å².